The van der Waals surface area contributed by atoms with Crippen LogP contribution in [0.4, 0.5) is 0 Å². The van der Waals surface area contributed by atoms with Crippen LogP contribution in [0.2, 0.25) is 10.0 Å². The number of rotatable bonds is 3. The van der Waals surface area contributed by atoms with Crippen molar-refractivity contribution < 1.29 is 4.52 Å². The molecule has 0 radical (unpaired) electrons. The molecule has 0 saturated heterocycles. The first-order chi connectivity index (χ1) is 10.1. The van der Waals surface area contributed by atoms with Crippen LogP contribution in [0, 0.1) is 5.92 Å². The van der Waals surface area contributed by atoms with Gasteiger partial charge in [-0.3, -0.25) is 0 Å². The minimum atomic E-state index is -0.186. The lowest BCUT2D eigenvalue weighted by Crippen LogP contribution is -2.23. The molecule has 1 aromatic heterocycles. The van der Waals surface area contributed by atoms with Gasteiger partial charge in [-0.1, -0.05) is 47.6 Å². The van der Waals surface area contributed by atoms with Crippen molar-refractivity contribution in [3.8, 4) is 11.4 Å². The van der Waals surface area contributed by atoms with E-state index < -0.39 is 0 Å². The zero-order valence-corrected chi connectivity index (χ0v) is 13.1. The first-order valence-corrected chi connectivity index (χ1v) is 7.95. The normalized spacial score (nSPS) is 17.9. The molecule has 1 fully saturated rings. The van der Waals surface area contributed by atoms with Crippen molar-refractivity contribution in [2.45, 2.75) is 38.1 Å². The molecule has 1 heterocycles. The molecule has 0 aliphatic heterocycles. The maximum Gasteiger partial charge on any atom is 0.244 e. The summed E-state index contributed by atoms with van der Waals surface area (Å²) in [6.07, 6.45) is 6.01. The van der Waals surface area contributed by atoms with E-state index in [9.17, 15) is 0 Å². The summed E-state index contributed by atoms with van der Waals surface area (Å²) in [5.74, 6) is 1.43. The Morgan fingerprint density at radius 1 is 1.14 bits per heavy atom. The largest absolute Gasteiger partial charge is 0.337 e. The SMILES string of the molecule is NC(c1nc(-c2ccc(Cl)c(Cl)c2)no1)C1CCCCC1. The Labute approximate surface area is 133 Å². The van der Waals surface area contributed by atoms with Crippen LogP contribution in [0.25, 0.3) is 11.4 Å². The summed E-state index contributed by atoms with van der Waals surface area (Å²) >= 11 is 11.9. The number of benzene rings is 1. The molecule has 6 heteroatoms. The molecule has 3 rings (SSSR count). The standard InChI is InChI=1S/C15H17Cl2N3O/c16-11-7-6-10(8-12(11)17)14-19-15(21-20-14)13(18)9-4-2-1-3-5-9/h6-9,13H,1-5,18H2. The molecule has 1 aliphatic carbocycles. The topological polar surface area (TPSA) is 64.9 Å². The molecule has 0 amide bonds. The van der Waals surface area contributed by atoms with E-state index in [1.165, 1.54) is 19.3 Å². The Morgan fingerprint density at radius 3 is 2.62 bits per heavy atom. The van der Waals surface area contributed by atoms with Gasteiger partial charge in [-0.15, -0.1) is 0 Å². The van der Waals surface area contributed by atoms with Gasteiger partial charge in [0.2, 0.25) is 11.7 Å². The van der Waals surface area contributed by atoms with Crippen molar-refractivity contribution >= 4 is 23.2 Å². The zero-order valence-electron chi connectivity index (χ0n) is 11.6. The summed E-state index contributed by atoms with van der Waals surface area (Å²) in [5, 5.41) is 4.98. The number of nitrogens with zero attached hydrogens (tertiary/aromatic N) is 2. The number of hydrogen-bond acceptors (Lipinski definition) is 4. The van der Waals surface area contributed by atoms with E-state index in [1.807, 2.05) is 6.07 Å². The minimum Gasteiger partial charge on any atom is -0.337 e. The van der Waals surface area contributed by atoms with E-state index in [-0.39, 0.29) is 6.04 Å². The first-order valence-electron chi connectivity index (χ1n) is 7.20. The minimum absolute atomic E-state index is 0.186. The number of halogens is 2. The summed E-state index contributed by atoms with van der Waals surface area (Å²) in [5.41, 5.74) is 7.05. The van der Waals surface area contributed by atoms with E-state index in [0.29, 0.717) is 27.7 Å². The second kappa shape index (κ2) is 6.34. The Kier molecular flexibility index (Phi) is 4.48. The van der Waals surface area contributed by atoms with Gasteiger partial charge in [0.25, 0.3) is 0 Å². The summed E-state index contributed by atoms with van der Waals surface area (Å²) in [7, 11) is 0. The second-order valence-electron chi connectivity index (χ2n) is 5.51. The molecule has 1 unspecified atom stereocenters. The van der Waals surface area contributed by atoms with Crippen LogP contribution in [-0.2, 0) is 0 Å². The van der Waals surface area contributed by atoms with Crippen molar-refractivity contribution in [2.75, 3.05) is 0 Å². The Bertz CT molecular complexity index is 623. The van der Waals surface area contributed by atoms with E-state index in [4.69, 9.17) is 33.5 Å². The third kappa shape index (κ3) is 3.23. The summed E-state index contributed by atoms with van der Waals surface area (Å²) < 4.78 is 5.34. The summed E-state index contributed by atoms with van der Waals surface area (Å²) in [6, 6.07) is 5.07. The highest BCUT2D eigenvalue weighted by molar-refractivity contribution is 6.42. The molecular weight excluding hydrogens is 309 g/mol. The van der Waals surface area contributed by atoms with Crippen LogP contribution in [0.3, 0.4) is 0 Å². The monoisotopic (exact) mass is 325 g/mol. The van der Waals surface area contributed by atoms with Gasteiger partial charge in [-0.2, -0.15) is 4.98 Å². The van der Waals surface area contributed by atoms with Crippen molar-refractivity contribution in [3.63, 3.8) is 0 Å². The molecule has 0 spiro atoms. The van der Waals surface area contributed by atoms with Crippen LogP contribution in [0.1, 0.15) is 44.0 Å². The Morgan fingerprint density at radius 2 is 1.90 bits per heavy atom. The van der Waals surface area contributed by atoms with Gasteiger partial charge in [0.1, 0.15) is 0 Å². The molecule has 0 bridgehead atoms. The van der Waals surface area contributed by atoms with Gasteiger partial charge in [-0.05, 0) is 37.0 Å². The fourth-order valence-corrected chi connectivity index (χ4v) is 3.12. The lowest BCUT2D eigenvalue weighted by molar-refractivity contribution is 0.255. The average Bonchev–Trinajstić information content (AvgIpc) is 3.00. The third-order valence-corrected chi connectivity index (χ3v) is 4.80. The van der Waals surface area contributed by atoms with Crippen LogP contribution < -0.4 is 5.73 Å². The van der Waals surface area contributed by atoms with Crippen LogP contribution in [0.5, 0.6) is 0 Å². The quantitative estimate of drug-likeness (QED) is 0.893. The van der Waals surface area contributed by atoms with Crippen molar-refractivity contribution in [1.82, 2.24) is 10.1 Å². The molecule has 21 heavy (non-hydrogen) atoms. The van der Waals surface area contributed by atoms with Crippen LogP contribution in [0.15, 0.2) is 22.7 Å². The fraction of sp³-hybridized carbons (Fsp3) is 0.467. The fourth-order valence-electron chi connectivity index (χ4n) is 2.82. The lowest BCUT2D eigenvalue weighted by Gasteiger charge is -2.24. The second-order valence-corrected chi connectivity index (χ2v) is 6.32. The third-order valence-electron chi connectivity index (χ3n) is 4.06. The molecule has 1 saturated carbocycles. The highest BCUT2D eigenvalue weighted by Crippen LogP contribution is 2.33. The average molecular weight is 326 g/mol. The van der Waals surface area contributed by atoms with Gasteiger partial charge >= 0.3 is 0 Å². The lowest BCUT2D eigenvalue weighted by atomic mass is 9.84. The van der Waals surface area contributed by atoms with Gasteiger partial charge in [0.05, 0.1) is 16.1 Å². The Hall–Kier alpha value is -1.10. The summed E-state index contributed by atoms with van der Waals surface area (Å²) in [4.78, 5) is 4.42. The molecule has 1 aromatic carbocycles. The van der Waals surface area contributed by atoms with Crippen LogP contribution >= 0.6 is 23.2 Å². The number of nitrogens with two attached hydrogens (primary N) is 1. The maximum atomic E-state index is 6.27. The molecule has 2 N–H and O–H groups in total. The predicted octanol–water partition coefficient (Wildman–Crippen LogP) is 4.62. The molecule has 112 valence electrons. The van der Waals surface area contributed by atoms with Crippen molar-refractivity contribution in [1.29, 1.82) is 0 Å². The van der Waals surface area contributed by atoms with E-state index in [0.717, 1.165) is 18.4 Å². The smallest absolute Gasteiger partial charge is 0.244 e. The van der Waals surface area contributed by atoms with Gasteiger partial charge in [0, 0.05) is 5.56 Å². The van der Waals surface area contributed by atoms with Gasteiger partial charge < -0.3 is 10.3 Å². The summed E-state index contributed by atoms with van der Waals surface area (Å²) in [6.45, 7) is 0. The highest BCUT2D eigenvalue weighted by Gasteiger charge is 2.26. The zero-order chi connectivity index (χ0) is 14.8. The molecule has 2 aromatic rings. The van der Waals surface area contributed by atoms with E-state index in [1.54, 1.807) is 12.1 Å². The van der Waals surface area contributed by atoms with Crippen molar-refractivity contribution in [3.05, 3.63) is 34.1 Å². The van der Waals surface area contributed by atoms with E-state index >= 15 is 0 Å². The number of hydrogen-bond donors (Lipinski definition) is 1. The van der Waals surface area contributed by atoms with Gasteiger partial charge in [0.15, 0.2) is 0 Å². The molecule has 4 nitrogen and oxygen atoms in total. The molecular formula is C15H17Cl2N3O. The first kappa shape index (κ1) is 14.8. The number of aromatic nitrogens is 2. The Balaban J connectivity index is 1.80. The highest BCUT2D eigenvalue weighted by atomic mass is 35.5. The van der Waals surface area contributed by atoms with Gasteiger partial charge in [-0.25, -0.2) is 0 Å². The molecule has 1 aliphatic rings. The van der Waals surface area contributed by atoms with E-state index in [2.05, 4.69) is 10.1 Å². The maximum absolute atomic E-state index is 6.27. The predicted molar refractivity (Wildman–Crippen MR) is 83.3 cm³/mol. The van der Waals surface area contributed by atoms with Crippen LogP contribution in [-0.4, -0.2) is 10.1 Å². The molecule has 1 atom stereocenters. The van der Waals surface area contributed by atoms with Crippen molar-refractivity contribution in [2.24, 2.45) is 11.7 Å².